The van der Waals surface area contributed by atoms with Crippen LogP contribution in [0.15, 0.2) is 84.9 Å². The summed E-state index contributed by atoms with van der Waals surface area (Å²) in [5, 5.41) is 12.4. The van der Waals surface area contributed by atoms with Crippen LogP contribution in [-0.4, -0.2) is 20.9 Å². The maximum absolute atomic E-state index is 12.6. The highest BCUT2D eigenvalue weighted by atomic mass is 35.5. The highest BCUT2D eigenvalue weighted by Gasteiger charge is 2.18. The fourth-order valence-corrected chi connectivity index (χ4v) is 2.88. The molecule has 0 aliphatic carbocycles. The largest absolute Gasteiger partial charge is 0.303 e. The second-order valence-corrected chi connectivity index (χ2v) is 6.23. The van der Waals surface area contributed by atoms with Gasteiger partial charge in [-0.25, -0.2) is 0 Å². The summed E-state index contributed by atoms with van der Waals surface area (Å²) in [5.41, 5.74) is 2.60. The van der Waals surface area contributed by atoms with Crippen LogP contribution >= 0.6 is 11.6 Å². The minimum absolute atomic E-state index is 0.251. The molecule has 1 heterocycles. The van der Waals surface area contributed by atoms with Crippen molar-refractivity contribution in [3.63, 3.8) is 0 Å². The molecule has 0 unspecified atom stereocenters. The van der Waals surface area contributed by atoms with Crippen LogP contribution in [0.1, 0.15) is 10.4 Å². The Morgan fingerprint density at radius 3 is 2.15 bits per heavy atom. The van der Waals surface area contributed by atoms with Crippen LogP contribution in [0, 0.1) is 0 Å². The second kappa shape index (κ2) is 7.43. The molecule has 0 atom stereocenters. The number of amides is 1. The third-order valence-electron chi connectivity index (χ3n) is 4.00. The van der Waals surface area contributed by atoms with Gasteiger partial charge in [0.1, 0.15) is 11.4 Å². The first-order chi connectivity index (χ1) is 13.2. The molecule has 132 valence electrons. The van der Waals surface area contributed by atoms with Gasteiger partial charge in [-0.2, -0.15) is 0 Å². The van der Waals surface area contributed by atoms with E-state index in [-0.39, 0.29) is 5.91 Å². The maximum Gasteiger partial charge on any atom is 0.256 e. The van der Waals surface area contributed by atoms with E-state index in [9.17, 15) is 4.79 Å². The molecule has 0 aliphatic heterocycles. The van der Waals surface area contributed by atoms with E-state index in [1.54, 1.807) is 18.2 Å². The van der Waals surface area contributed by atoms with Crippen molar-refractivity contribution in [3.05, 3.63) is 95.5 Å². The predicted octanol–water partition coefficient (Wildman–Crippen LogP) is 4.84. The van der Waals surface area contributed by atoms with E-state index >= 15 is 0 Å². The SMILES string of the molecule is O=C(Nc1nn(-c2ccccc2Cl)nc1-c1ccccc1)c1ccccc1. The summed E-state index contributed by atoms with van der Waals surface area (Å²) in [7, 11) is 0. The Bertz CT molecular complexity index is 1080. The molecule has 0 saturated carbocycles. The van der Waals surface area contributed by atoms with E-state index in [0.717, 1.165) is 5.56 Å². The average molecular weight is 375 g/mol. The van der Waals surface area contributed by atoms with Crippen LogP contribution in [-0.2, 0) is 0 Å². The van der Waals surface area contributed by atoms with Crippen molar-refractivity contribution in [3.8, 4) is 16.9 Å². The molecule has 1 amide bonds. The number of nitrogens with zero attached hydrogens (tertiary/aromatic N) is 3. The zero-order valence-electron chi connectivity index (χ0n) is 14.2. The van der Waals surface area contributed by atoms with Crippen LogP contribution in [0.5, 0.6) is 0 Å². The van der Waals surface area contributed by atoms with E-state index in [1.165, 1.54) is 4.80 Å². The van der Waals surface area contributed by atoms with Gasteiger partial charge in [-0.1, -0.05) is 72.3 Å². The normalized spacial score (nSPS) is 10.6. The molecule has 0 aliphatic rings. The third kappa shape index (κ3) is 3.59. The molecular formula is C21H15ClN4O. The van der Waals surface area contributed by atoms with Crippen molar-refractivity contribution in [2.24, 2.45) is 0 Å². The van der Waals surface area contributed by atoms with E-state index in [2.05, 4.69) is 15.5 Å². The molecule has 0 fully saturated rings. The first kappa shape index (κ1) is 17.0. The van der Waals surface area contributed by atoms with Gasteiger partial charge in [-0.3, -0.25) is 4.79 Å². The quantitative estimate of drug-likeness (QED) is 0.556. The lowest BCUT2D eigenvalue weighted by atomic mass is 10.1. The molecule has 0 saturated heterocycles. The monoisotopic (exact) mass is 374 g/mol. The number of anilines is 1. The standard InChI is InChI=1S/C21H15ClN4O/c22-17-13-7-8-14-18(17)26-24-19(15-9-3-1-4-10-15)20(25-26)23-21(27)16-11-5-2-6-12-16/h1-14H,(H,23,25,27). The minimum atomic E-state index is -0.251. The Morgan fingerprint density at radius 1 is 0.815 bits per heavy atom. The molecule has 3 aromatic carbocycles. The van der Waals surface area contributed by atoms with Crippen molar-refractivity contribution in [1.82, 2.24) is 15.0 Å². The summed E-state index contributed by atoms with van der Waals surface area (Å²) in [6, 6.07) is 25.8. The lowest BCUT2D eigenvalue weighted by Crippen LogP contribution is -2.13. The molecule has 4 rings (SSSR count). The number of halogens is 1. The van der Waals surface area contributed by atoms with Gasteiger partial charge in [0, 0.05) is 11.1 Å². The fraction of sp³-hybridized carbons (Fsp3) is 0. The number of hydrogen-bond donors (Lipinski definition) is 1. The molecule has 1 N–H and O–H groups in total. The number of carbonyl (C=O) groups is 1. The smallest absolute Gasteiger partial charge is 0.256 e. The van der Waals surface area contributed by atoms with Crippen LogP contribution in [0.2, 0.25) is 5.02 Å². The van der Waals surface area contributed by atoms with Crippen molar-refractivity contribution < 1.29 is 4.79 Å². The van der Waals surface area contributed by atoms with Crippen molar-refractivity contribution >= 4 is 23.3 Å². The zero-order valence-corrected chi connectivity index (χ0v) is 15.0. The molecule has 6 heteroatoms. The Hall–Kier alpha value is -3.44. The molecule has 4 aromatic rings. The van der Waals surface area contributed by atoms with E-state index in [1.807, 2.05) is 66.7 Å². The summed E-state index contributed by atoms with van der Waals surface area (Å²) in [4.78, 5) is 14.0. The fourth-order valence-electron chi connectivity index (χ4n) is 2.67. The van der Waals surface area contributed by atoms with Crippen LogP contribution in [0.3, 0.4) is 0 Å². The summed E-state index contributed by atoms with van der Waals surface area (Å²) < 4.78 is 0. The second-order valence-electron chi connectivity index (χ2n) is 5.82. The van der Waals surface area contributed by atoms with E-state index in [4.69, 9.17) is 11.6 Å². The topological polar surface area (TPSA) is 59.8 Å². The number of nitrogens with one attached hydrogen (secondary N) is 1. The first-order valence-electron chi connectivity index (χ1n) is 8.36. The van der Waals surface area contributed by atoms with Crippen LogP contribution in [0.25, 0.3) is 16.9 Å². The Labute approximate surface area is 161 Å². The lowest BCUT2D eigenvalue weighted by molar-refractivity contribution is 0.102. The molecular weight excluding hydrogens is 360 g/mol. The number of aromatic nitrogens is 3. The van der Waals surface area contributed by atoms with E-state index in [0.29, 0.717) is 27.8 Å². The Kier molecular flexibility index (Phi) is 4.68. The highest BCUT2D eigenvalue weighted by Crippen LogP contribution is 2.27. The van der Waals surface area contributed by atoms with Crippen molar-refractivity contribution in [2.75, 3.05) is 5.32 Å². The minimum Gasteiger partial charge on any atom is -0.303 e. The van der Waals surface area contributed by atoms with Crippen molar-refractivity contribution in [2.45, 2.75) is 0 Å². The van der Waals surface area contributed by atoms with Gasteiger partial charge in [-0.15, -0.1) is 15.0 Å². The molecule has 5 nitrogen and oxygen atoms in total. The summed E-state index contributed by atoms with van der Waals surface area (Å²) in [6.07, 6.45) is 0. The maximum atomic E-state index is 12.6. The van der Waals surface area contributed by atoms with Gasteiger partial charge in [0.25, 0.3) is 5.91 Å². The zero-order chi connectivity index (χ0) is 18.6. The molecule has 0 radical (unpaired) electrons. The predicted molar refractivity (Wildman–Crippen MR) is 106 cm³/mol. The third-order valence-corrected chi connectivity index (χ3v) is 4.32. The van der Waals surface area contributed by atoms with Gasteiger partial charge < -0.3 is 5.32 Å². The Morgan fingerprint density at radius 2 is 1.44 bits per heavy atom. The first-order valence-corrected chi connectivity index (χ1v) is 8.74. The lowest BCUT2D eigenvalue weighted by Gasteiger charge is -2.04. The average Bonchev–Trinajstić information content (AvgIpc) is 3.13. The highest BCUT2D eigenvalue weighted by molar-refractivity contribution is 6.32. The molecule has 1 aromatic heterocycles. The number of para-hydroxylation sites is 1. The number of carbonyl (C=O) groups excluding carboxylic acids is 1. The van der Waals surface area contributed by atoms with Crippen molar-refractivity contribution in [1.29, 1.82) is 0 Å². The molecule has 0 bridgehead atoms. The van der Waals surface area contributed by atoms with Crippen LogP contribution < -0.4 is 5.32 Å². The van der Waals surface area contributed by atoms with Gasteiger partial charge in [0.2, 0.25) is 0 Å². The number of benzene rings is 3. The summed E-state index contributed by atoms with van der Waals surface area (Å²) in [6.45, 7) is 0. The Balaban J connectivity index is 1.77. The van der Waals surface area contributed by atoms with Gasteiger partial charge in [-0.05, 0) is 24.3 Å². The number of hydrogen-bond acceptors (Lipinski definition) is 3. The van der Waals surface area contributed by atoms with Gasteiger partial charge >= 0.3 is 0 Å². The van der Waals surface area contributed by atoms with Gasteiger partial charge in [0.05, 0.1) is 5.02 Å². The number of rotatable bonds is 4. The van der Waals surface area contributed by atoms with E-state index < -0.39 is 0 Å². The summed E-state index contributed by atoms with van der Waals surface area (Å²) >= 11 is 6.28. The van der Waals surface area contributed by atoms with Gasteiger partial charge in [0.15, 0.2) is 5.82 Å². The molecule has 0 spiro atoms. The summed E-state index contributed by atoms with van der Waals surface area (Å²) in [5.74, 6) is 0.119. The van der Waals surface area contributed by atoms with Crippen LogP contribution in [0.4, 0.5) is 5.82 Å². The molecule has 27 heavy (non-hydrogen) atoms.